The number of aromatic nitrogens is 4. The lowest BCUT2D eigenvalue weighted by molar-refractivity contribution is -0.384. The summed E-state index contributed by atoms with van der Waals surface area (Å²) in [6, 6.07) is 15.6. The predicted molar refractivity (Wildman–Crippen MR) is 118 cm³/mol. The summed E-state index contributed by atoms with van der Waals surface area (Å²) < 4.78 is 7.46. The molecule has 0 unspecified atom stereocenters. The number of rotatable bonds is 7. The minimum Gasteiger partial charge on any atom is -0.465 e. The molecule has 0 aliphatic rings. The number of benzene rings is 2. The van der Waals surface area contributed by atoms with Crippen molar-refractivity contribution >= 4 is 23.3 Å². The van der Waals surface area contributed by atoms with E-state index < -0.39 is 16.8 Å². The van der Waals surface area contributed by atoms with E-state index in [1.807, 2.05) is 30.3 Å². The first-order chi connectivity index (χ1) is 16.0. The number of anilines is 1. The maximum Gasteiger partial charge on any atom is 0.339 e. The number of hydrogen-bond donors (Lipinski definition) is 1. The predicted octanol–water partition coefficient (Wildman–Crippen LogP) is 3.07. The van der Waals surface area contributed by atoms with Gasteiger partial charge in [-0.25, -0.2) is 9.48 Å². The number of nitrogens with one attached hydrogen (secondary N) is 1. The Morgan fingerprint density at radius 2 is 1.82 bits per heavy atom. The number of carbonyl (C=O) groups excluding carboxylic acids is 2. The maximum atomic E-state index is 12.6. The van der Waals surface area contributed by atoms with Gasteiger partial charge in [0.1, 0.15) is 12.7 Å². The number of methoxy groups -OCH3 is 1. The molecule has 166 valence electrons. The van der Waals surface area contributed by atoms with E-state index in [9.17, 15) is 19.7 Å². The maximum absolute atomic E-state index is 12.6. The van der Waals surface area contributed by atoms with E-state index in [0.29, 0.717) is 5.56 Å². The third-order valence-electron chi connectivity index (χ3n) is 4.73. The number of nitro groups is 1. The Balaban J connectivity index is 1.57. The molecule has 0 fully saturated rings. The number of carbonyl (C=O) groups is 2. The molecule has 11 nitrogen and oxygen atoms in total. The third-order valence-corrected chi connectivity index (χ3v) is 4.73. The van der Waals surface area contributed by atoms with Crippen LogP contribution in [0, 0.1) is 10.1 Å². The smallest absolute Gasteiger partial charge is 0.339 e. The minimum absolute atomic E-state index is 0.0879. The van der Waals surface area contributed by atoms with Crippen molar-refractivity contribution in [2.75, 3.05) is 12.4 Å². The summed E-state index contributed by atoms with van der Waals surface area (Å²) in [6.45, 7) is -0.302. The average Bonchev–Trinajstić information content (AvgIpc) is 3.47. The Labute approximate surface area is 187 Å². The van der Waals surface area contributed by atoms with Crippen LogP contribution >= 0.6 is 0 Å². The highest BCUT2D eigenvalue weighted by Gasteiger charge is 2.23. The van der Waals surface area contributed by atoms with Crippen LogP contribution in [0.1, 0.15) is 10.4 Å². The van der Waals surface area contributed by atoms with Crippen molar-refractivity contribution in [1.82, 2.24) is 19.6 Å². The van der Waals surface area contributed by atoms with E-state index in [0.717, 1.165) is 5.69 Å². The van der Waals surface area contributed by atoms with E-state index in [4.69, 9.17) is 4.74 Å². The van der Waals surface area contributed by atoms with Gasteiger partial charge >= 0.3 is 11.7 Å². The fourth-order valence-electron chi connectivity index (χ4n) is 3.22. The van der Waals surface area contributed by atoms with Crippen molar-refractivity contribution in [3.63, 3.8) is 0 Å². The van der Waals surface area contributed by atoms with Gasteiger partial charge in [0.25, 0.3) is 0 Å². The fourth-order valence-corrected chi connectivity index (χ4v) is 3.22. The second-order valence-electron chi connectivity index (χ2n) is 6.91. The molecule has 0 saturated heterocycles. The van der Waals surface area contributed by atoms with Gasteiger partial charge in [-0.2, -0.15) is 10.2 Å². The summed E-state index contributed by atoms with van der Waals surface area (Å²) in [5, 5.41) is 22.7. The second kappa shape index (κ2) is 9.14. The van der Waals surface area contributed by atoms with Gasteiger partial charge in [-0.1, -0.05) is 30.3 Å². The van der Waals surface area contributed by atoms with Gasteiger partial charge in [0.05, 0.1) is 35.2 Å². The van der Waals surface area contributed by atoms with Gasteiger partial charge in [-0.05, 0) is 24.3 Å². The third kappa shape index (κ3) is 4.61. The van der Waals surface area contributed by atoms with Crippen LogP contribution in [0.2, 0.25) is 0 Å². The van der Waals surface area contributed by atoms with Crippen molar-refractivity contribution in [2.45, 2.75) is 6.54 Å². The molecule has 0 atom stereocenters. The van der Waals surface area contributed by atoms with Gasteiger partial charge < -0.3 is 10.1 Å². The molecule has 0 bridgehead atoms. The average molecular weight is 446 g/mol. The summed E-state index contributed by atoms with van der Waals surface area (Å²) in [7, 11) is 1.24. The monoisotopic (exact) mass is 446 g/mol. The zero-order chi connectivity index (χ0) is 23.4. The van der Waals surface area contributed by atoms with E-state index in [1.165, 1.54) is 30.3 Å². The highest BCUT2D eigenvalue weighted by molar-refractivity contribution is 6.01. The zero-order valence-electron chi connectivity index (χ0n) is 17.4. The number of hydrogen-bond acceptors (Lipinski definition) is 7. The van der Waals surface area contributed by atoms with Crippen molar-refractivity contribution in [3.8, 4) is 16.9 Å². The molecular formula is C22H18N6O5. The lowest BCUT2D eigenvalue weighted by Crippen LogP contribution is -2.20. The topological polar surface area (TPSA) is 134 Å². The molecule has 4 rings (SSSR count). The summed E-state index contributed by atoms with van der Waals surface area (Å²) in [5.74, 6) is -1.12. The van der Waals surface area contributed by atoms with Gasteiger partial charge in [-0.3, -0.25) is 19.6 Å². The molecule has 0 aliphatic heterocycles. The van der Waals surface area contributed by atoms with Gasteiger partial charge in [-0.15, -0.1) is 0 Å². The van der Waals surface area contributed by atoms with Crippen LogP contribution < -0.4 is 5.32 Å². The number of esters is 1. The Hall–Kier alpha value is -4.80. The first-order valence-electron chi connectivity index (χ1n) is 9.76. The highest BCUT2D eigenvalue weighted by Crippen LogP contribution is 2.28. The molecule has 2 aromatic carbocycles. The standard InChI is InChI=1S/C22H18N6O5/c1-33-22(30)17-9-5-6-10-18(17)24-20(29)14-26-13-19(28(31)32)21(25-26)15-11-23-27(12-15)16-7-3-2-4-8-16/h2-13H,14H2,1H3,(H,24,29). The van der Waals surface area contributed by atoms with E-state index >= 15 is 0 Å². The molecule has 0 spiro atoms. The molecular weight excluding hydrogens is 428 g/mol. The van der Waals surface area contributed by atoms with Crippen LogP contribution in [-0.4, -0.2) is 43.5 Å². The van der Waals surface area contributed by atoms with Crippen molar-refractivity contribution in [2.24, 2.45) is 0 Å². The second-order valence-corrected chi connectivity index (χ2v) is 6.91. The number of nitrogens with zero attached hydrogens (tertiary/aromatic N) is 5. The van der Waals surface area contributed by atoms with E-state index in [1.54, 1.807) is 29.1 Å². The molecule has 0 saturated carbocycles. The van der Waals surface area contributed by atoms with E-state index in [2.05, 4.69) is 15.5 Å². The molecule has 1 amide bonds. The van der Waals surface area contributed by atoms with Gasteiger partial charge in [0.2, 0.25) is 5.91 Å². The summed E-state index contributed by atoms with van der Waals surface area (Å²) in [6.07, 6.45) is 4.28. The van der Waals surface area contributed by atoms with E-state index in [-0.39, 0.29) is 29.2 Å². The SMILES string of the molecule is COC(=O)c1ccccc1NC(=O)Cn1cc([N+](=O)[O-])c(-c2cnn(-c3ccccc3)c2)n1. The number of para-hydroxylation sites is 2. The molecule has 2 aromatic heterocycles. The Morgan fingerprint density at radius 3 is 2.55 bits per heavy atom. The first-order valence-corrected chi connectivity index (χ1v) is 9.76. The molecule has 33 heavy (non-hydrogen) atoms. The van der Waals surface area contributed by atoms with Crippen LogP contribution in [0.15, 0.2) is 73.2 Å². The number of amides is 1. The highest BCUT2D eigenvalue weighted by atomic mass is 16.6. The normalized spacial score (nSPS) is 10.6. The van der Waals surface area contributed by atoms with Crippen molar-refractivity contribution < 1.29 is 19.2 Å². The Kier molecular flexibility index (Phi) is 5.94. The Bertz CT molecular complexity index is 1330. The van der Waals surface area contributed by atoms with Crippen LogP contribution in [0.25, 0.3) is 16.9 Å². The molecule has 11 heteroatoms. The lowest BCUT2D eigenvalue weighted by atomic mass is 10.2. The largest absolute Gasteiger partial charge is 0.465 e. The first kappa shape index (κ1) is 21.4. The van der Waals surface area contributed by atoms with Crippen molar-refractivity contribution in [3.05, 3.63) is 88.9 Å². The summed E-state index contributed by atoms with van der Waals surface area (Å²) in [5.41, 5.74) is 1.50. The molecule has 4 aromatic rings. The van der Waals surface area contributed by atoms with Crippen LogP contribution in [-0.2, 0) is 16.1 Å². The van der Waals surface area contributed by atoms with Crippen LogP contribution in [0.4, 0.5) is 11.4 Å². The number of ether oxygens (including phenoxy) is 1. The lowest BCUT2D eigenvalue weighted by Gasteiger charge is -2.09. The summed E-state index contributed by atoms with van der Waals surface area (Å²) in [4.78, 5) is 35.5. The van der Waals surface area contributed by atoms with Crippen LogP contribution in [0.3, 0.4) is 0 Å². The Morgan fingerprint density at radius 1 is 1.09 bits per heavy atom. The molecule has 2 heterocycles. The molecule has 0 radical (unpaired) electrons. The van der Waals surface area contributed by atoms with Crippen molar-refractivity contribution in [1.29, 1.82) is 0 Å². The fraction of sp³-hybridized carbons (Fsp3) is 0.0909. The molecule has 0 aliphatic carbocycles. The quantitative estimate of drug-likeness (QED) is 0.262. The molecule has 1 N–H and O–H groups in total. The van der Waals surface area contributed by atoms with Gasteiger partial charge in [0, 0.05) is 11.8 Å². The van der Waals surface area contributed by atoms with Gasteiger partial charge in [0.15, 0.2) is 5.69 Å². The van der Waals surface area contributed by atoms with Crippen LogP contribution in [0.5, 0.6) is 0 Å². The zero-order valence-corrected chi connectivity index (χ0v) is 17.4. The summed E-state index contributed by atoms with van der Waals surface area (Å²) >= 11 is 0. The minimum atomic E-state index is -0.599.